The number of benzene rings is 2. The highest BCUT2D eigenvalue weighted by molar-refractivity contribution is 6.31. The minimum atomic E-state index is -0.156. The smallest absolute Gasteiger partial charge is 0.222 e. The Bertz CT molecular complexity index is 613. The molecule has 0 aliphatic rings. The molecule has 1 amide bonds. The van der Waals surface area contributed by atoms with Crippen molar-refractivity contribution in [2.24, 2.45) is 5.73 Å². The topological polar surface area (TPSA) is 55.1 Å². The minimum Gasteiger partial charge on any atom is -0.349 e. The standard InChI is InChI=1S/C18H21ClN2O/c1-13(20)11-18(22)21-17(14-7-3-2-4-8-14)12-15-9-5-6-10-16(15)19/h2-10,13,17H,11-12,20H2,1H3,(H,21,22). The van der Waals surface area contributed by atoms with Gasteiger partial charge in [0.05, 0.1) is 6.04 Å². The monoisotopic (exact) mass is 316 g/mol. The van der Waals surface area contributed by atoms with Crippen LogP contribution in [-0.4, -0.2) is 11.9 Å². The van der Waals surface area contributed by atoms with Crippen molar-refractivity contribution in [3.8, 4) is 0 Å². The van der Waals surface area contributed by atoms with Crippen LogP contribution >= 0.6 is 11.6 Å². The zero-order chi connectivity index (χ0) is 15.9. The molecule has 0 fully saturated rings. The maximum absolute atomic E-state index is 12.1. The van der Waals surface area contributed by atoms with Crippen molar-refractivity contribution in [2.45, 2.75) is 31.8 Å². The van der Waals surface area contributed by atoms with Gasteiger partial charge in [0.2, 0.25) is 5.91 Å². The third-order valence-corrected chi connectivity index (χ3v) is 3.80. The van der Waals surface area contributed by atoms with E-state index < -0.39 is 0 Å². The molecule has 2 atom stereocenters. The summed E-state index contributed by atoms with van der Waals surface area (Å²) in [5.41, 5.74) is 7.77. The lowest BCUT2D eigenvalue weighted by Crippen LogP contribution is -2.33. The highest BCUT2D eigenvalue weighted by Crippen LogP contribution is 2.23. The van der Waals surface area contributed by atoms with Gasteiger partial charge in [-0.3, -0.25) is 4.79 Å². The van der Waals surface area contributed by atoms with Crippen LogP contribution in [-0.2, 0) is 11.2 Å². The fourth-order valence-corrected chi connectivity index (χ4v) is 2.58. The first-order valence-corrected chi connectivity index (χ1v) is 7.77. The highest BCUT2D eigenvalue weighted by atomic mass is 35.5. The molecule has 0 saturated heterocycles. The molecule has 0 saturated carbocycles. The molecule has 22 heavy (non-hydrogen) atoms. The van der Waals surface area contributed by atoms with E-state index >= 15 is 0 Å². The number of carbonyl (C=O) groups is 1. The summed E-state index contributed by atoms with van der Waals surface area (Å²) in [7, 11) is 0. The number of hydrogen-bond acceptors (Lipinski definition) is 2. The fourth-order valence-electron chi connectivity index (χ4n) is 2.37. The molecule has 2 unspecified atom stereocenters. The van der Waals surface area contributed by atoms with E-state index in [4.69, 9.17) is 17.3 Å². The van der Waals surface area contributed by atoms with Gasteiger partial charge in [-0.2, -0.15) is 0 Å². The quantitative estimate of drug-likeness (QED) is 0.857. The molecule has 116 valence electrons. The maximum atomic E-state index is 12.1. The molecule has 0 bridgehead atoms. The number of rotatable bonds is 6. The van der Waals surface area contributed by atoms with Gasteiger partial charge in [-0.15, -0.1) is 0 Å². The summed E-state index contributed by atoms with van der Waals surface area (Å²) in [5.74, 6) is -0.0455. The molecule has 2 aromatic rings. The molecule has 3 N–H and O–H groups in total. The van der Waals surface area contributed by atoms with E-state index in [0.717, 1.165) is 11.1 Å². The van der Waals surface area contributed by atoms with Crippen LogP contribution in [0.25, 0.3) is 0 Å². The summed E-state index contributed by atoms with van der Waals surface area (Å²) in [6, 6.07) is 17.3. The number of amides is 1. The molecule has 2 aromatic carbocycles. The number of halogens is 1. The minimum absolute atomic E-state index is 0.0455. The van der Waals surface area contributed by atoms with Crippen LogP contribution < -0.4 is 11.1 Å². The average molecular weight is 317 g/mol. The van der Waals surface area contributed by atoms with Gasteiger partial charge >= 0.3 is 0 Å². The first-order valence-electron chi connectivity index (χ1n) is 7.39. The number of nitrogens with one attached hydrogen (secondary N) is 1. The summed E-state index contributed by atoms with van der Waals surface area (Å²) < 4.78 is 0. The second-order valence-electron chi connectivity index (χ2n) is 5.51. The van der Waals surface area contributed by atoms with Gasteiger partial charge in [0.25, 0.3) is 0 Å². The molecule has 0 aliphatic carbocycles. The number of carbonyl (C=O) groups excluding carboxylic acids is 1. The SMILES string of the molecule is CC(N)CC(=O)NC(Cc1ccccc1Cl)c1ccccc1. The third-order valence-electron chi connectivity index (χ3n) is 3.43. The van der Waals surface area contributed by atoms with Crippen LogP contribution in [0.3, 0.4) is 0 Å². The molecule has 2 rings (SSSR count). The predicted molar refractivity (Wildman–Crippen MR) is 90.7 cm³/mol. The van der Waals surface area contributed by atoms with Crippen molar-refractivity contribution in [3.63, 3.8) is 0 Å². The van der Waals surface area contributed by atoms with Crippen molar-refractivity contribution in [1.82, 2.24) is 5.32 Å². The van der Waals surface area contributed by atoms with E-state index in [2.05, 4.69) is 5.32 Å². The van der Waals surface area contributed by atoms with Crippen LogP contribution in [0, 0.1) is 0 Å². The van der Waals surface area contributed by atoms with Gasteiger partial charge in [-0.05, 0) is 30.5 Å². The van der Waals surface area contributed by atoms with Gasteiger partial charge < -0.3 is 11.1 Å². The Morgan fingerprint density at radius 2 is 1.77 bits per heavy atom. The van der Waals surface area contributed by atoms with E-state index in [1.807, 2.05) is 61.5 Å². The number of nitrogens with two attached hydrogens (primary N) is 1. The lowest BCUT2D eigenvalue weighted by Gasteiger charge is -2.20. The summed E-state index contributed by atoms with van der Waals surface area (Å²) in [6.07, 6.45) is 0.959. The second-order valence-corrected chi connectivity index (χ2v) is 5.91. The third kappa shape index (κ3) is 4.86. The van der Waals surface area contributed by atoms with E-state index in [1.54, 1.807) is 0 Å². The molecule has 4 heteroatoms. The number of hydrogen-bond donors (Lipinski definition) is 2. The van der Waals surface area contributed by atoms with Crippen LogP contribution in [0.4, 0.5) is 0 Å². The van der Waals surface area contributed by atoms with E-state index in [0.29, 0.717) is 17.9 Å². The molecular formula is C18H21ClN2O. The average Bonchev–Trinajstić information content (AvgIpc) is 2.49. The highest BCUT2D eigenvalue weighted by Gasteiger charge is 2.17. The molecular weight excluding hydrogens is 296 g/mol. The van der Waals surface area contributed by atoms with Crippen molar-refractivity contribution in [1.29, 1.82) is 0 Å². The largest absolute Gasteiger partial charge is 0.349 e. The van der Waals surface area contributed by atoms with Gasteiger partial charge in [-0.25, -0.2) is 0 Å². The Balaban J connectivity index is 2.19. The van der Waals surface area contributed by atoms with Crippen molar-refractivity contribution in [2.75, 3.05) is 0 Å². The van der Waals surface area contributed by atoms with Crippen molar-refractivity contribution >= 4 is 17.5 Å². The fraction of sp³-hybridized carbons (Fsp3) is 0.278. The van der Waals surface area contributed by atoms with Gasteiger partial charge in [0.1, 0.15) is 0 Å². The van der Waals surface area contributed by atoms with Crippen molar-refractivity contribution < 1.29 is 4.79 Å². The zero-order valence-electron chi connectivity index (χ0n) is 12.6. The molecule has 0 aromatic heterocycles. The summed E-state index contributed by atoms with van der Waals surface area (Å²) in [4.78, 5) is 12.1. The summed E-state index contributed by atoms with van der Waals surface area (Å²) in [5, 5.41) is 3.78. The van der Waals surface area contributed by atoms with Crippen LogP contribution in [0.15, 0.2) is 54.6 Å². The summed E-state index contributed by atoms with van der Waals surface area (Å²) in [6.45, 7) is 1.82. The van der Waals surface area contributed by atoms with Crippen LogP contribution in [0.5, 0.6) is 0 Å². The lowest BCUT2D eigenvalue weighted by molar-refractivity contribution is -0.122. The van der Waals surface area contributed by atoms with E-state index in [9.17, 15) is 4.79 Å². The Morgan fingerprint density at radius 3 is 2.41 bits per heavy atom. The Hall–Kier alpha value is -1.84. The molecule has 0 heterocycles. The van der Waals surface area contributed by atoms with Crippen molar-refractivity contribution in [3.05, 3.63) is 70.7 Å². The van der Waals surface area contributed by atoms with Gasteiger partial charge in [-0.1, -0.05) is 60.1 Å². The Kier molecular flexibility index (Phi) is 5.99. The normalized spacial score (nSPS) is 13.4. The van der Waals surface area contributed by atoms with Crippen LogP contribution in [0.1, 0.15) is 30.5 Å². The molecule has 0 aliphatic heterocycles. The zero-order valence-corrected chi connectivity index (χ0v) is 13.4. The lowest BCUT2D eigenvalue weighted by atomic mass is 9.98. The van der Waals surface area contributed by atoms with Gasteiger partial charge in [0, 0.05) is 17.5 Å². The Morgan fingerprint density at radius 1 is 1.14 bits per heavy atom. The second kappa shape index (κ2) is 7.97. The summed E-state index contributed by atoms with van der Waals surface area (Å²) >= 11 is 6.24. The predicted octanol–water partition coefficient (Wildman–Crippen LogP) is 3.48. The molecule has 0 spiro atoms. The van der Waals surface area contributed by atoms with Gasteiger partial charge in [0.15, 0.2) is 0 Å². The Labute approximate surface area is 136 Å². The first-order chi connectivity index (χ1) is 10.6. The van der Waals surface area contributed by atoms with Crippen LogP contribution in [0.2, 0.25) is 5.02 Å². The van der Waals surface area contributed by atoms with E-state index in [-0.39, 0.29) is 18.0 Å². The molecule has 0 radical (unpaired) electrons. The molecule has 3 nitrogen and oxygen atoms in total. The first kappa shape index (κ1) is 16.5. The maximum Gasteiger partial charge on any atom is 0.222 e. The van der Waals surface area contributed by atoms with E-state index in [1.165, 1.54) is 0 Å².